The largest absolute Gasteiger partial charge is 0.497 e. The highest BCUT2D eigenvalue weighted by Crippen LogP contribution is 2.41. The normalized spacial score (nSPS) is 41.0. The van der Waals surface area contributed by atoms with E-state index in [1.807, 2.05) is 25.9 Å². The lowest BCUT2D eigenvalue weighted by molar-refractivity contribution is -0.318. The summed E-state index contributed by atoms with van der Waals surface area (Å²) in [4.78, 5) is 44.1. The van der Waals surface area contributed by atoms with Crippen LogP contribution in [0.25, 0.3) is 11.0 Å². The molecule has 4 heterocycles. The standard InChI is InChI=1S/C48H76N2O16/c1-24-21-46(7,57)43(66-45-39(53)33(50(10)11)18-25(2)62-45)27(4)40(65-37-22-47(8,60-13)42(55)29(6)63-37)28(5)44(56)64-35(48(9,58)41(54)26(3)38(24)52)16-17-49-36(51)19-30-23-61-34-20-31(59-12)14-15-32(30)34/h14-15,20,23-29,33,35,37,39-43,45,53-55,57-58H,16-19,21-22H2,1-13H3,(H,49,51)/t24-,25?,26+,27+,28-,29?,33?,35-,37?,39?,40+,41-,42?,43-,45?,46-,47?,48-/m1/s1. The molecule has 0 saturated carbocycles. The van der Waals surface area contributed by atoms with Crippen LogP contribution in [-0.4, -0.2) is 167 Å². The van der Waals surface area contributed by atoms with E-state index in [0.29, 0.717) is 23.3 Å². The molecule has 2 aromatic rings. The first-order valence-corrected chi connectivity index (χ1v) is 23.1. The van der Waals surface area contributed by atoms with Crippen LogP contribution >= 0.6 is 0 Å². The number of aliphatic hydroxyl groups excluding tert-OH is 3. The van der Waals surface area contributed by atoms with Crippen molar-refractivity contribution in [1.82, 2.24) is 10.2 Å². The molecule has 0 radical (unpaired) electrons. The third-order valence-electron chi connectivity index (χ3n) is 14.4. The zero-order chi connectivity index (χ0) is 49.2. The van der Waals surface area contributed by atoms with Gasteiger partial charge in [0.15, 0.2) is 12.6 Å². The second-order valence-corrected chi connectivity index (χ2v) is 20.0. The molecule has 1 amide bonds. The van der Waals surface area contributed by atoms with Crippen LogP contribution in [0, 0.1) is 23.7 Å². The van der Waals surface area contributed by atoms with Crippen molar-refractivity contribution >= 4 is 28.6 Å². The lowest BCUT2D eigenvalue weighted by Crippen LogP contribution is -2.61. The number of likely N-dealkylation sites (N-methyl/N-ethyl adjacent to an activating group) is 1. The molecule has 0 spiro atoms. The zero-order valence-electron chi connectivity index (χ0n) is 40.9. The number of amides is 1. The smallest absolute Gasteiger partial charge is 0.311 e. The molecular weight excluding hydrogens is 861 g/mol. The van der Waals surface area contributed by atoms with Gasteiger partial charge >= 0.3 is 5.97 Å². The van der Waals surface area contributed by atoms with Crippen molar-refractivity contribution in [2.75, 3.05) is 34.9 Å². The first kappa shape index (κ1) is 53.7. The Hall–Kier alpha value is -3.27. The van der Waals surface area contributed by atoms with Crippen molar-refractivity contribution in [2.45, 2.75) is 179 Å². The molecule has 1 aromatic carbocycles. The molecule has 0 aliphatic carbocycles. The number of Topliss-reactive ketones (excluding diaryl/α,β-unsaturated/α-hetero) is 1. The van der Waals surface area contributed by atoms with E-state index >= 15 is 0 Å². The van der Waals surface area contributed by atoms with Crippen LogP contribution in [0.4, 0.5) is 0 Å². The number of aliphatic hydroxyl groups is 5. The number of esters is 1. The molecule has 6 N–H and O–H groups in total. The van der Waals surface area contributed by atoms with Gasteiger partial charge in [-0.05, 0) is 80.6 Å². The van der Waals surface area contributed by atoms with Gasteiger partial charge in [0.2, 0.25) is 5.91 Å². The first-order chi connectivity index (χ1) is 30.8. The summed E-state index contributed by atoms with van der Waals surface area (Å²) in [5.74, 6) is -5.45. The number of ether oxygens (including phenoxy) is 7. The molecule has 1 aromatic heterocycles. The van der Waals surface area contributed by atoms with Gasteiger partial charge in [0.25, 0.3) is 0 Å². The second kappa shape index (κ2) is 21.6. The number of furan rings is 1. The van der Waals surface area contributed by atoms with Gasteiger partial charge in [-0.25, -0.2) is 0 Å². The quantitative estimate of drug-likeness (QED) is 0.168. The molecule has 3 fully saturated rings. The topological polar surface area (TPSA) is 245 Å². The number of fused-ring (bicyclic) bond motifs is 1. The Balaban J connectivity index is 1.51. The number of ketones is 1. The summed E-state index contributed by atoms with van der Waals surface area (Å²) in [7, 11) is 6.67. The predicted molar refractivity (Wildman–Crippen MR) is 240 cm³/mol. The van der Waals surface area contributed by atoms with Crippen molar-refractivity contribution in [1.29, 1.82) is 0 Å². The number of hydrogen-bond acceptors (Lipinski definition) is 17. The number of nitrogens with one attached hydrogen (secondary N) is 1. The van der Waals surface area contributed by atoms with E-state index in [4.69, 9.17) is 37.6 Å². The summed E-state index contributed by atoms with van der Waals surface area (Å²) in [6, 6.07) is 4.89. The molecule has 5 rings (SSSR count). The summed E-state index contributed by atoms with van der Waals surface area (Å²) in [5.41, 5.74) is -4.06. The highest BCUT2D eigenvalue weighted by atomic mass is 16.7. The Morgan fingerprint density at radius 2 is 1.61 bits per heavy atom. The third-order valence-corrected chi connectivity index (χ3v) is 14.4. The lowest BCUT2D eigenvalue weighted by atomic mass is 9.74. The maximum Gasteiger partial charge on any atom is 0.311 e. The van der Waals surface area contributed by atoms with Crippen molar-refractivity contribution in [3.05, 3.63) is 30.0 Å². The van der Waals surface area contributed by atoms with E-state index in [9.17, 15) is 39.9 Å². The van der Waals surface area contributed by atoms with Crippen LogP contribution in [0.5, 0.6) is 5.75 Å². The highest BCUT2D eigenvalue weighted by molar-refractivity contribution is 5.88. The maximum atomic E-state index is 14.7. The molecule has 18 atom stereocenters. The molecule has 374 valence electrons. The Kier molecular flexibility index (Phi) is 17.5. The van der Waals surface area contributed by atoms with Crippen LogP contribution < -0.4 is 10.1 Å². The Bertz CT molecular complexity index is 1960. The van der Waals surface area contributed by atoms with Crippen molar-refractivity contribution < 1.29 is 77.5 Å². The second-order valence-electron chi connectivity index (χ2n) is 20.0. The molecule has 3 saturated heterocycles. The van der Waals surface area contributed by atoms with E-state index in [1.165, 1.54) is 41.3 Å². The SMILES string of the molecule is COc1ccc2c(CC(=O)NCC[C@H]3OC(=O)[C@H](C)[C@@H](OC4CC(C)(OC)C(O)C(C)O4)[C@H](C)[C@@H](OC4OC(C)CC(N(C)C)C4O)[C@](C)(O)C[C@@H](C)C(=O)[C@H](C)[C@@H](O)[C@]3(C)O)coc2c1. The Morgan fingerprint density at radius 3 is 2.24 bits per heavy atom. The van der Waals surface area contributed by atoms with Crippen LogP contribution in [0.3, 0.4) is 0 Å². The minimum Gasteiger partial charge on any atom is -0.497 e. The van der Waals surface area contributed by atoms with E-state index in [2.05, 4.69) is 5.32 Å². The van der Waals surface area contributed by atoms with Crippen LogP contribution in [0.1, 0.15) is 93.6 Å². The monoisotopic (exact) mass is 937 g/mol. The fourth-order valence-electron chi connectivity index (χ4n) is 10.2. The van der Waals surface area contributed by atoms with Gasteiger partial charge in [-0.15, -0.1) is 0 Å². The molecule has 18 nitrogen and oxygen atoms in total. The van der Waals surface area contributed by atoms with Crippen molar-refractivity contribution in [3.8, 4) is 5.75 Å². The number of nitrogens with zero attached hydrogens (tertiary/aromatic N) is 1. The number of hydrogen-bond donors (Lipinski definition) is 6. The number of cyclic esters (lactones) is 1. The molecule has 8 unspecified atom stereocenters. The fraction of sp³-hybridized carbons (Fsp3) is 0.771. The number of benzene rings is 1. The number of carbonyl (C=O) groups excluding carboxylic acids is 3. The summed E-state index contributed by atoms with van der Waals surface area (Å²) in [6.45, 7) is 14.2. The minimum atomic E-state index is -2.23. The summed E-state index contributed by atoms with van der Waals surface area (Å²) < 4.78 is 48.6. The van der Waals surface area contributed by atoms with Gasteiger partial charge in [-0.3, -0.25) is 14.4 Å². The fourth-order valence-corrected chi connectivity index (χ4v) is 10.2. The third kappa shape index (κ3) is 11.8. The average molecular weight is 937 g/mol. The molecule has 0 bridgehead atoms. The zero-order valence-corrected chi connectivity index (χ0v) is 40.9. The van der Waals surface area contributed by atoms with Gasteiger partial charge in [0.05, 0.1) is 67.4 Å². The van der Waals surface area contributed by atoms with Crippen molar-refractivity contribution in [2.24, 2.45) is 23.7 Å². The van der Waals surface area contributed by atoms with E-state index in [1.54, 1.807) is 52.8 Å². The Morgan fingerprint density at radius 1 is 0.924 bits per heavy atom. The highest BCUT2D eigenvalue weighted by Gasteiger charge is 2.53. The summed E-state index contributed by atoms with van der Waals surface area (Å²) in [5, 5.41) is 62.8. The van der Waals surface area contributed by atoms with Crippen LogP contribution in [0.15, 0.2) is 28.9 Å². The van der Waals surface area contributed by atoms with Gasteiger partial charge in [-0.1, -0.05) is 20.8 Å². The number of rotatable bonds is 12. The predicted octanol–water partition coefficient (Wildman–Crippen LogP) is 2.88. The lowest BCUT2D eigenvalue weighted by Gasteiger charge is -2.49. The van der Waals surface area contributed by atoms with Crippen molar-refractivity contribution in [3.63, 3.8) is 0 Å². The summed E-state index contributed by atoms with van der Waals surface area (Å²) in [6.07, 6.45) is -9.80. The molecule has 3 aliphatic heterocycles. The number of carbonyl (C=O) groups is 3. The van der Waals surface area contributed by atoms with Gasteiger partial charge in [0.1, 0.15) is 41.0 Å². The van der Waals surface area contributed by atoms with Gasteiger partial charge < -0.3 is 73.3 Å². The van der Waals surface area contributed by atoms with E-state index < -0.39 is 108 Å². The molecule has 66 heavy (non-hydrogen) atoms. The number of methoxy groups -OCH3 is 2. The van der Waals surface area contributed by atoms with Crippen LogP contribution in [0.2, 0.25) is 0 Å². The summed E-state index contributed by atoms with van der Waals surface area (Å²) >= 11 is 0. The van der Waals surface area contributed by atoms with Gasteiger partial charge in [-0.2, -0.15) is 0 Å². The molecule has 3 aliphatic rings. The minimum absolute atomic E-state index is 0.0316. The van der Waals surface area contributed by atoms with E-state index in [0.717, 1.165) is 5.39 Å². The van der Waals surface area contributed by atoms with E-state index in [-0.39, 0.29) is 50.3 Å². The molecular formula is C48H76N2O16. The molecule has 18 heteroatoms. The van der Waals surface area contributed by atoms with Crippen LogP contribution in [-0.2, 0) is 49.2 Å². The Labute approximate surface area is 388 Å². The van der Waals surface area contributed by atoms with Gasteiger partial charge in [0, 0.05) is 67.3 Å². The first-order valence-electron chi connectivity index (χ1n) is 23.1. The average Bonchev–Trinajstić information content (AvgIpc) is 3.66. The maximum absolute atomic E-state index is 14.7.